The van der Waals surface area contributed by atoms with Gasteiger partial charge >= 0.3 is 0 Å². The van der Waals surface area contributed by atoms with Crippen molar-refractivity contribution in [3.63, 3.8) is 0 Å². The monoisotopic (exact) mass is 336 g/mol. The molecule has 0 bridgehead atoms. The molecule has 0 atom stereocenters. The molecular formula is C12H17BrO4S. The van der Waals surface area contributed by atoms with Crippen molar-refractivity contribution in [2.75, 3.05) is 12.9 Å². The fraction of sp³-hybridized carbons (Fsp3) is 0.500. The van der Waals surface area contributed by atoms with E-state index in [0.29, 0.717) is 10.2 Å². The van der Waals surface area contributed by atoms with Crippen molar-refractivity contribution >= 4 is 25.8 Å². The molecule has 102 valence electrons. The summed E-state index contributed by atoms with van der Waals surface area (Å²) in [4.78, 5) is 0.142. The van der Waals surface area contributed by atoms with Crippen LogP contribution in [-0.4, -0.2) is 32.0 Å². The molecule has 0 aliphatic rings. The third-order valence-electron chi connectivity index (χ3n) is 2.44. The first-order valence-electron chi connectivity index (χ1n) is 5.44. The summed E-state index contributed by atoms with van der Waals surface area (Å²) < 4.78 is 30.1. The maximum absolute atomic E-state index is 12.2. The van der Waals surface area contributed by atoms with Gasteiger partial charge in [0.1, 0.15) is 10.6 Å². The van der Waals surface area contributed by atoms with Gasteiger partial charge in [-0.2, -0.15) is 0 Å². The predicted octanol–water partition coefficient (Wildman–Crippen LogP) is 2.39. The number of rotatable bonds is 5. The Hall–Kier alpha value is -0.590. The second-order valence-corrected chi connectivity index (χ2v) is 7.67. The molecule has 0 saturated carbocycles. The van der Waals surface area contributed by atoms with Crippen molar-refractivity contribution in [3.05, 3.63) is 22.7 Å². The zero-order valence-corrected chi connectivity index (χ0v) is 13.0. The smallest absolute Gasteiger partial charge is 0.182 e. The van der Waals surface area contributed by atoms with E-state index in [0.717, 1.165) is 0 Å². The summed E-state index contributed by atoms with van der Waals surface area (Å²) in [5.74, 6) is 0.192. The van der Waals surface area contributed by atoms with E-state index < -0.39 is 15.4 Å². The maximum Gasteiger partial charge on any atom is 0.182 e. The second-order valence-electron chi connectivity index (χ2n) is 4.68. The lowest BCUT2D eigenvalue weighted by atomic mass is 10.1. The number of aliphatic hydroxyl groups is 1. The van der Waals surface area contributed by atoms with Crippen molar-refractivity contribution in [3.8, 4) is 5.75 Å². The largest absolute Gasteiger partial charge is 0.495 e. The van der Waals surface area contributed by atoms with Crippen LogP contribution in [0.2, 0.25) is 0 Å². The molecule has 1 N–H and O–H groups in total. The Morgan fingerprint density at radius 1 is 1.39 bits per heavy atom. The Morgan fingerprint density at radius 3 is 2.50 bits per heavy atom. The number of sulfone groups is 1. The van der Waals surface area contributed by atoms with Crippen LogP contribution in [-0.2, 0) is 9.84 Å². The normalized spacial score (nSPS) is 12.5. The highest BCUT2D eigenvalue weighted by Crippen LogP contribution is 2.29. The highest BCUT2D eigenvalue weighted by molar-refractivity contribution is 9.10. The molecule has 6 heteroatoms. The van der Waals surface area contributed by atoms with Gasteiger partial charge in [-0.15, -0.1) is 0 Å². The summed E-state index contributed by atoms with van der Waals surface area (Å²) in [6, 6.07) is 4.83. The number of hydrogen-bond donors (Lipinski definition) is 1. The van der Waals surface area contributed by atoms with Crippen LogP contribution in [0.4, 0.5) is 0 Å². The fourth-order valence-electron chi connectivity index (χ4n) is 1.39. The quantitative estimate of drug-likeness (QED) is 0.896. The topological polar surface area (TPSA) is 63.6 Å². The SMILES string of the molecule is COc1ccc(Br)cc1S(=O)(=O)CCC(C)(C)O. The van der Waals surface area contributed by atoms with Gasteiger partial charge in [-0.3, -0.25) is 0 Å². The summed E-state index contributed by atoms with van der Waals surface area (Å²) in [6.07, 6.45) is 0.172. The molecule has 1 rings (SSSR count). The van der Waals surface area contributed by atoms with Crippen LogP contribution in [0.3, 0.4) is 0 Å². The summed E-state index contributed by atoms with van der Waals surface area (Å²) in [5, 5.41) is 9.60. The number of halogens is 1. The molecule has 0 heterocycles. The molecule has 1 aromatic rings. The van der Waals surface area contributed by atoms with E-state index in [2.05, 4.69) is 15.9 Å². The average molecular weight is 337 g/mol. The van der Waals surface area contributed by atoms with Crippen molar-refractivity contribution in [2.24, 2.45) is 0 Å². The van der Waals surface area contributed by atoms with Crippen LogP contribution in [0.1, 0.15) is 20.3 Å². The van der Waals surface area contributed by atoms with Crippen LogP contribution < -0.4 is 4.74 Å². The van der Waals surface area contributed by atoms with Gasteiger partial charge in [-0.25, -0.2) is 8.42 Å². The molecule has 0 amide bonds. The van der Waals surface area contributed by atoms with Gasteiger partial charge in [0.15, 0.2) is 9.84 Å². The maximum atomic E-state index is 12.2. The van der Waals surface area contributed by atoms with E-state index in [1.54, 1.807) is 26.0 Å². The van der Waals surface area contributed by atoms with Gasteiger partial charge in [-0.1, -0.05) is 15.9 Å². The van der Waals surface area contributed by atoms with E-state index in [4.69, 9.17) is 4.74 Å². The number of methoxy groups -OCH3 is 1. The van der Waals surface area contributed by atoms with E-state index in [1.165, 1.54) is 13.2 Å². The average Bonchev–Trinajstić information content (AvgIpc) is 2.26. The first-order chi connectivity index (χ1) is 8.15. The second kappa shape index (κ2) is 5.59. The van der Waals surface area contributed by atoms with Crippen LogP contribution in [0.15, 0.2) is 27.6 Å². The first-order valence-corrected chi connectivity index (χ1v) is 7.89. The Bertz CT molecular complexity index is 517. The predicted molar refractivity (Wildman–Crippen MR) is 73.7 cm³/mol. The van der Waals surface area contributed by atoms with Crippen molar-refractivity contribution in [2.45, 2.75) is 30.8 Å². The van der Waals surface area contributed by atoms with E-state index in [1.807, 2.05) is 0 Å². The van der Waals surface area contributed by atoms with Crippen LogP contribution in [0.25, 0.3) is 0 Å². The van der Waals surface area contributed by atoms with Crippen molar-refractivity contribution < 1.29 is 18.3 Å². The molecule has 0 radical (unpaired) electrons. The summed E-state index contributed by atoms with van der Waals surface area (Å²) >= 11 is 3.24. The highest BCUT2D eigenvalue weighted by atomic mass is 79.9. The Morgan fingerprint density at radius 2 is 2.00 bits per heavy atom. The molecule has 18 heavy (non-hydrogen) atoms. The van der Waals surface area contributed by atoms with Crippen LogP contribution in [0, 0.1) is 0 Å². The van der Waals surface area contributed by atoms with Gasteiger partial charge in [0.2, 0.25) is 0 Å². The molecular weight excluding hydrogens is 320 g/mol. The minimum Gasteiger partial charge on any atom is -0.495 e. The number of ether oxygens (including phenoxy) is 1. The molecule has 0 spiro atoms. The third-order valence-corrected chi connectivity index (χ3v) is 4.67. The minimum atomic E-state index is -3.47. The first kappa shape index (κ1) is 15.5. The Balaban J connectivity index is 3.08. The lowest BCUT2D eigenvalue weighted by molar-refractivity contribution is 0.0772. The van der Waals surface area contributed by atoms with Gasteiger partial charge in [-0.05, 0) is 38.5 Å². The number of hydrogen-bond acceptors (Lipinski definition) is 4. The van der Waals surface area contributed by atoms with Crippen LogP contribution in [0.5, 0.6) is 5.75 Å². The van der Waals surface area contributed by atoms with Gasteiger partial charge in [0.05, 0.1) is 18.5 Å². The van der Waals surface area contributed by atoms with Gasteiger partial charge < -0.3 is 9.84 Å². The zero-order valence-electron chi connectivity index (χ0n) is 10.6. The van der Waals surface area contributed by atoms with E-state index >= 15 is 0 Å². The Labute approximate surface area is 116 Å². The lowest BCUT2D eigenvalue weighted by Gasteiger charge is -2.17. The molecule has 0 aliphatic heterocycles. The third kappa shape index (κ3) is 4.26. The summed E-state index contributed by atoms with van der Waals surface area (Å²) in [6.45, 7) is 3.17. The van der Waals surface area contributed by atoms with Gasteiger partial charge in [0, 0.05) is 4.47 Å². The van der Waals surface area contributed by atoms with Crippen LogP contribution >= 0.6 is 15.9 Å². The van der Waals surface area contributed by atoms with Crippen molar-refractivity contribution in [1.29, 1.82) is 0 Å². The molecule has 0 unspecified atom stereocenters. The molecule has 1 aromatic carbocycles. The standard InChI is InChI=1S/C12H17BrO4S/c1-12(2,14)6-7-18(15,16)11-8-9(13)4-5-10(11)17-3/h4-5,8,14H,6-7H2,1-3H3. The highest BCUT2D eigenvalue weighted by Gasteiger charge is 2.23. The molecule has 0 fully saturated rings. The molecule has 0 saturated heterocycles. The van der Waals surface area contributed by atoms with E-state index in [-0.39, 0.29) is 17.1 Å². The Kier molecular flexibility index (Phi) is 4.80. The van der Waals surface area contributed by atoms with E-state index in [9.17, 15) is 13.5 Å². The lowest BCUT2D eigenvalue weighted by Crippen LogP contribution is -2.23. The minimum absolute atomic E-state index is 0.122. The summed E-state index contributed by atoms with van der Waals surface area (Å²) in [5.41, 5.74) is -1.01. The molecule has 4 nitrogen and oxygen atoms in total. The van der Waals surface area contributed by atoms with Crippen molar-refractivity contribution in [1.82, 2.24) is 0 Å². The molecule has 0 aliphatic carbocycles. The molecule has 0 aromatic heterocycles. The summed E-state index contributed by atoms with van der Waals surface area (Å²) in [7, 11) is -2.04. The fourth-order valence-corrected chi connectivity index (χ4v) is 3.65. The number of benzene rings is 1. The zero-order chi connectivity index (χ0) is 14.0. The van der Waals surface area contributed by atoms with Gasteiger partial charge in [0.25, 0.3) is 0 Å².